The topological polar surface area (TPSA) is 66.2 Å². The van der Waals surface area contributed by atoms with Gasteiger partial charge in [-0.25, -0.2) is 20.2 Å². The molecule has 6 nitrogen and oxygen atoms in total. The van der Waals surface area contributed by atoms with Gasteiger partial charge < -0.3 is 9.13 Å². The highest BCUT2D eigenvalue weighted by Gasteiger charge is 2.13. The summed E-state index contributed by atoms with van der Waals surface area (Å²) in [5, 5.41) is 21.8. The van der Waals surface area contributed by atoms with Gasteiger partial charge in [0, 0.05) is 46.7 Å². The van der Waals surface area contributed by atoms with Crippen molar-refractivity contribution in [1.29, 1.82) is 10.5 Å². The summed E-state index contributed by atoms with van der Waals surface area (Å²) < 4.78 is 5.50. The summed E-state index contributed by atoms with van der Waals surface area (Å²) in [6, 6.07) is 19.4. The third-order valence-corrected chi connectivity index (χ3v) is 7.54. The Morgan fingerprint density at radius 2 is 1.05 bits per heavy atom. The number of pyridine rings is 2. The fourth-order valence-corrected chi connectivity index (χ4v) is 5.43. The van der Waals surface area contributed by atoms with Crippen molar-refractivity contribution in [2.45, 2.75) is 0 Å². The van der Waals surface area contributed by atoms with Crippen molar-refractivity contribution < 1.29 is 0 Å². The number of hydrogen-bond acceptors (Lipinski definition) is 4. The summed E-state index contributed by atoms with van der Waals surface area (Å²) in [4.78, 5) is 6.51. The monoisotopic (exact) mass is 524 g/mol. The van der Waals surface area contributed by atoms with E-state index in [9.17, 15) is 0 Å². The lowest BCUT2D eigenvalue weighted by Crippen LogP contribution is -2.01. The van der Waals surface area contributed by atoms with E-state index in [1.807, 2.05) is 62.6 Å². The quantitative estimate of drug-likeness (QED) is 0.102. The normalized spacial score (nSPS) is 11.8. The van der Waals surface area contributed by atoms with E-state index in [2.05, 4.69) is 31.0 Å². The molecule has 0 aliphatic rings. The number of allylic oxidation sites excluding steroid dienone is 2. The zero-order valence-corrected chi connectivity index (χ0v) is 21.9. The van der Waals surface area contributed by atoms with Gasteiger partial charge in [0.25, 0.3) is 11.4 Å². The molecule has 0 saturated carbocycles. The van der Waals surface area contributed by atoms with Crippen LogP contribution in [0.4, 0.5) is 0 Å². The lowest BCUT2D eigenvalue weighted by molar-refractivity contribution is 0.995. The molecule has 8 heteroatoms. The first-order chi connectivity index (χ1) is 18.3. The lowest BCUT2D eigenvalue weighted by atomic mass is 10.0. The van der Waals surface area contributed by atoms with Crippen molar-refractivity contribution in [1.82, 2.24) is 9.13 Å². The number of fused-ring (bicyclic) bond motifs is 4. The van der Waals surface area contributed by atoms with Crippen molar-refractivity contribution >= 4 is 80.2 Å². The molecule has 5 rings (SSSR count). The van der Waals surface area contributed by atoms with E-state index in [4.69, 9.17) is 48.1 Å². The Morgan fingerprint density at radius 3 is 1.39 bits per heavy atom. The van der Waals surface area contributed by atoms with Crippen LogP contribution in [0.25, 0.3) is 65.5 Å². The molecular formula is C30H16N6S2. The predicted octanol–water partition coefficient (Wildman–Crippen LogP) is 8.00. The molecular weight excluding hydrogens is 509 g/mol. The van der Waals surface area contributed by atoms with Crippen molar-refractivity contribution in [2.75, 3.05) is 0 Å². The maximum absolute atomic E-state index is 9.15. The van der Waals surface area contributed by atoms with Gasteiger partial charge in [0.15, 0.2) is 0 Å². The number of rotatable bonds is 2. The van der Waals surface area contributed by atoms with Crippen LogP contribution in [0.5, 0.6) is 0 Å². The summed E-state index contributed by atoms with van der Waals surface area (Å²) in [6.45, 7) is 14.3. The number of nitriles is 2. The zero-order chi connectivity index (χ0) is 27.1. The van der Waals surface area contributed by atoms with Gasteiger partial charge in [0.1, 0.15) is 0 Å². The molecule has 0 saturated heterocycles. The van der Waals surface area contributed by atoms with E-state index in [0.717, 1.165) is 54.7 Å². The molecule has 0 aliphatic heterocycles. The molecule has 2 heterocycles. The molecule has 0 aliphatic carbocycles. The summed E-state index contributed by atoms with van der Waals surface area (Å²) in [6.07, 6.45) is 3.12. The van der Waals surface area contributed by atoms with Gasteiger partial charge in [-0.2, -0.15) is 0 Å². The highest BCUT2D eigenvalue weighted by atomic mass is 32.1. The van der Waals surface area contributed by atoms with Gasteiger partial charge in [0.05, 0.1) is 45.3 Å². The maximum Gasteiger partial charge on any atom is 0.262 e. The van der Waals surface area contributed by atoms with E-state index in [1.165, 1.54) is 0 Å². The Bertz CT molecular complexity index is 2040. The molecule has 0 fully saturated rings. The van der Waals surface area contributed by atoms with Gasteiger partial charge in [0.2, 0.25) is 0 Å². The van der Waals surface area contributed by atoms with Crippen molar-refractivity contribution in [3.63, 3.8) is 0 Å². The molecule has 0 unspecified atom stereocenters. The minimum absolute atomic E-state index is 0.0138. The van der Waals surface area contributed by atoms with Gasteiger partial charge in [-0.05, 0) is 59.7 Å². The number of aryl methyl sites for hydroxylation is 2. The predicted molar refractivity (Wildman–Crippen MR) is 156 cm³/mol. The van der Waals surface area contributed by atoms with E-state index >= 15 is 0 Å². The summed E-state index contributed by atoms with van der Waals surface area (Å²) in [7, 11) is 3.95. The largest absolute Gasteiger partial charge is 0.344 e. The molecule has 0 N–H and O–H groups in total. The van der Waals surface area contributed by atoms with Gasteiger partial charge in [-0.1, -0.05) is 36.6 Å². The molecule has 38 heavy (non-hydrogen) atoms. The Kier molecular flexibility index (Phi) is 6.08. The first kappa shape index (κ1) is 24.6. The number of nitrogens with zero attached hydrogens (tertiary/aromatic N) is 6. The second kappa shape index (κ2) is 9.40. The second-order valence-electron chi connectivity index (χ2n) is 8.72. The van der Waals surface area contributed by atoms with E-state index in [-0.39, 0.29) is 11.4 Å². The molecule has 3 aromatic carbocycles. The summed E-state index contributed by atoms with van der Waals surface area (Å²) >= 11 is 11.9. The SMILES string of the molecule is [C-]#[N+]/C(C#N)=C\c1ccc2c(c1)c(=S)c1cc3c(cc1n2C)c(=S)c1cc(/C=C(\C#N)[N+]#[C-])ccc1n3C. The van der Waals surface area contributed by atoms with Crippen molar-refractivity contribution in [3.05, 3.63) is 103 Å². The fourth-order valence-electron chi connectivity index (χ4n) is 4.78. The number of hydrogen-bond donors (Lipinski definition) is 0. The summed E-state index contributed by atoms with van der Waals surface area (Å²) in [5.41, 5.74) is 5.21. The molecule has 178 valence electrons. The van der Waals surface area contributed by atoms with Crippen LogP contribution in [0.3, 0.4) is 0 Å². The first-order valence-corrected chi connectivity index (χ1v) is 12.1. The van der Waals surface area contributed by atoms with Crippen LogP contribution in [-0.2, 0) is 14.1 Å². The van der Waals surface area contributed by atoms with E-state index < -0.39 is 0 Å². The third-order valence-electron chi connectivity index (χ3n) is 6.66. The Hall–Kier alpha value is -5.12. The van der Waals surface area contributed by atoms with Crippen LogP contribution in [-0.4, -0.2) is 9.13 Å². The van der Waals surface area contributed by atoms with Gasteiger partial charge in [-0.15, -0.1) is 0 Å². The Balaban J connectivity index is 1.86. The van der Waals surface area contributed by atoms with Crippen LogP contribution in [0, 0.1) is 44.8 Å². The maximum atomic E-state index is 9.15. The van der Waals surface area contributed by atoms with Crippen molar-refractivity contribution in [2.24, 2.45) is 14.1 Å². The van der Waals surface area contributed by atoms with Crippen LogP contribution in [0.15, 0.2) is 59.9 Å². The standard InChI is InChI=1S/C30H16N6S2/c1-33-19(15-31)9-17-5-7-25-21(11-17)29(37)23-13-28-24(14-27(23)35(25)3)30(38)22-12-18(10-20(16-32)34-2)6-8-26(22)36(28)4/h5-14H,3-4H3/b19-9-,20-10+. The number of aromatic nitrogens is 2. The van der Waals surface area contributed by atoms with Crippen LogP contribution in [0.2, 0.25) is 0 Å². The Labute approximate surface area is 228 Å². The Morgan fingerprint density at radius 1 is 0.684 bits per heavy atom. The number of benzene rings is 3. The van der Waals surface area contributed by atoms with Gasteiger partial charge in [-0.3, -0.25) is 0 Å². The van der Waals surface area contributed by atoms with Crippen molar-refractivity contribution in [3.8, 4) is 12.1 Å². The highest BCUT2D eigenvalue weighted by Crippen LogP contribution is 2.33. The molecule has 5 aromatic rings. The van der Waals surface area contributed by atoms with Crippen LogP contribution in [0.1, 0.15) is 11.1 Å². The van der Waals surface area contributed by atoms with Crippen LogP contribution < -0.4 is 0 Å². The third kappa shape index (κ3) is 3.83. The minimum atomic E-state index is 0.0138. The molecule has 0 spiro atoms. The second-order valence-corrected chi connectivity index (χ2v) is 9.54. The molecule has 0 amide bonds. The minimum Gasteiger partial charge on any atom is -0.344 e. The average Bonchev–Trinajstić information content (AvgIpc) is 2.95. The molecule has 2 aromatic heterocycles. The highest BCUT2D eigenvalue weighted by molar-refractivity contribution is 7.72. The lowest BCUT2D eigenvalue weighted by Gasteiger charge is -2.16. The van der Waals surface area contributed by atoms with E-state index in [0.29, 0.717) is 9.02 Å². The molecule has 0 bridgehead atoms. The van der Waals surface area contributed by atoms with Gasteiger partial charge >= 0.3 is 0 Å². The zero-order valence-electron chi connectivity index (χ0n) is 20.3. The van der Waals surface area contributed by atoms with E-state index in [1.54, 1.807) is 12.2 Å². The average molecular weight is 525 g/mol. The van der Waals surface area contributed by atoms with Crippen LogP contribution >= 0.6 is 24.4 Å². The summed E-state index contributed by atoms with van der Waals surface area (Å²) in [5.74, 6) is 0. The molecule has 0 atom stereocenters. The fraction of sp³-hybridized carbons (Fsp3) is 0.0667. The first-order valence-electron chi connectivity index (χ1n) is 11.3. The smallest absolute Gasteiger partial charge is 0.262 e. The molecule has 0 radical (unpaired) electrons.